The number of anilines is 1. The fourth-order valence-corrected chi connectivity index (χ4v) is 2.66. The predicted octanol–water partition coefficient (Wildman–Crippen LogP) is 3.04. The third kappa shape index (κ3) is 2.39. The summed E-state index contributed by atoms with van der Waals surface area (Å²) in [7, 11) is 1.41. The maximum absolute atomic E-state index is 11.6. The lowest BCUT2D eigenvalue weighted by molar-refractivity contribution is 0.0601. The summed E-state index contributed by atoms with van der Waals surface area (Å²) in [6.07, 6.45) is 1.04. The minimum absolute atomic E-state index is 0.288. The van der Waals surface area contributed by atoms with Crippen LogP contribution in [0.1, 0.15) is 21.5 Å². The molecule has 0 saturated heterocycles. The van der Waals surface area contributed by atoms with Crippen LogP contribution in [0.15, 0.2) is 48.5 Å². The highest BCUT2D eigenvalue weighted by molar-refractivity contribution is 5.90. The molecule has 0 amide bonds. The second-order valence-corrected chi connectivity index (χ2v) is 4.98. The molecule has 0 unspecified atom stereocenters. The summed E-state index contributed by atoms with van der Waals surface area (Å²) in [6, 6.07) is 16.2. The lowest BCUT2D eigenvalue weighted by Crippen LogP contribution is -2.30. The number of nitrogens with zero attached hydrogens (tertiary/aromatic N) is 1. The second kappa shape index (κ2) is 5.37. The molecule has 102 valence electrons. The van der Waals surface area contributed by atoms with Gasteiger partial charge < -0.3 is 9.64 Å². The fourth-order valence-electron chi connectivity index (χ4n) is 2.66. The van der Waals surface area contributed by atoms with Gasteiger partial charge in [-0.3, -0.25) is 0 Å². The SMILES string of the molecule is COC(=O)c1cccc(N2CCc3ccccc3C2)c1. The van der Waals surface area contributed by atoms with E-state index in [0.29, 0.717) is 5.56 Å². The molecule has 0 saturated carbocycles. The Morgan fingerprint density at radius 1 is 1.10 bits per heavy atom. The zero-order chi connectivity index (χ0) is 13.9. The van der Waals surface area contributed by atoms with Crippen molar-refractivity contribution < 1.29 is 9.53 Å². The van der Waals surface area contributed by atoms with Gasteiger partial charge in [-0.05, 0) is 35.7 Å². The van der Waals surface area contributed by atoms with E-state index in [1.54, 1.807) is 6.07 Å². The van der Waals surface area contributed by atoms with Crippen LogP contribution < -0.4 is 4.90 Å². The molecular formula is C17H17NO2. The van der Waals surface area contributed by atoms with Crippen molar-refractivity contribution in [3.8, 4) is 0 Å². The molecule has 1 aliphatic heterocycles. The van der Waals surface area contributed by atoms with Gasteiger partial charge in [0.2, 0.25) is 0 Å². The monoisotopic (exact) mass is 267 g/mol. The first-order valence-electron chi connectivity index (χ1n) is 6.78. The van der Waals surface area contributed by atoms with E-state index in [4.69, 9.17) is 4.74 Å². The molecule has 3 heteroatoms. The molecule has 0 radical (unpaired) electrons. The molecule has 3 rings (SSSR count). The maximum atomic E-state index is 11.6. The molecule has 2 aromatic carbocycles. The highest BCUT2D eigenvalue weighted by Crippen LogP contribution is 2.25. The van der Waals surface area contributed by atoms with E-state index in [2.05, 4.69) is 29.2 Å². The van der Waals surface area contributed by atoms with Crippen LogP contribution in [0.3, 0.4) is 0 Å². The Hall–Kier alpha value is -2.29. The number of benzene rings is 2. The average Bonchev–Trinajstić information content (AvgIpc) is 2.53. The zero-order valence-electron chi connectivity index (χ0n) is 11.5. The van der Waals surface area contributed by atoms with Gasteiger partial charge in [-0.2, -0.15) is 0 Å². The Kier molecular flexibility index (Phi) is 3.42. The Bertz CT molecular complexity index is 636. The number of ether oxygens (including phenoxy) is 1. The normalized spacial score (nSPS) is 13.8. The van der Waals surface area contributed by atoms with Gasteiger partial charge in [0.05, 0.1) is 12.7 Å². The summed E-state index contributed by atoms with van der Waals surface area (Å²) in [6.45, 7) is 1.86. The predicted molar refractivity (Wildman–Crippen MR) is 79.0 cm³/mol. The molecule has 3 nitrogen and oxygen atoms in total. The van der Waals surface area contributed by atoms with Crippen molar-refractivity contribution >= 4 is 11.7 Å². The van der Waals surface area contributed by atoms with E-state index < -0.39 is 0 Å². The van der Waals surface area contributed by atoms with Gasteiger partial charge >= 0.3 is 5.97 Å². The molecule has 2 aromatic rings. The average molecular weight is 267 g/mol. The topological polar surface area (TPSA) is 29.5 Å². The summed E-state index contributed by atoms with van der Waals surface area (Å²) in [5.41, 5.74) is 4.46. The Morgan fingerprint density at radius 2 is 1.90 bits per heavy atom. The number of carbonyl (C=O) groups is 1. The first-order valence-corrected chi connectivity index (χ1v) is 6.78. The van der Waals surface area contributed by atoms with Crippen molar-refractivity contribution in [1.82, 2.24) is 0 Å². The van der Waals surface area contributed by atoms with Crippen molar-refractivity contribution in [2.75, 3.05) is 18.6 Å². The van der Waals surface area contributed by atoms with Gasteiger partial charge in [-0.25, -0.2) is 4.79 Å². The molecule has 0 N–H and O–H groups in total. The van der Waals surface area contributed by atoms with Crippen LogP contribution in [0, 0.1) is 0 Å². The van der Waals surface area contributed by atoms with Gasteiger partial charge in [-0.1, -0.05) is 30.3 Å². The number of hydrogen-bond acceptors (Lipinski definition) is 3. The lowest BCUT2D eigenvalue weighted by Gasteiger charge is -2.30. The van der Waals surface area contributed by atoms with Crippen LogP contribution in [0.2, 0.25) is 0 Å². The highest BCUT2D eigenvalue weighted by Gasteiger charge is 2.17. The molecule has 20 heavy (non-hydrogen) atoms. The third-order valence-corrected chi connectivity index (χ3v) is 3.76. The standard InChI is InChI=1S/C17H17NO2/c1-20-17(19)14-7-4-8-16(11-14)18-10-9-13-5-2-3-6-15(13)12-18/h2-8,11H,9-10,12H2,1H3. The van der Waals surface area contributed by atoms with E-state index in [9.17, 15) is 4.79 Å². The second-order valence-electron chi connectivity index (χ2n) is 4.98. The van der Waals surface area contributed by atoms with Gasteiger partial charge in [0, 0.05) is 18.8 Å². The summed E-state index contributed by atoms with van der Waals surface area (Å²) >= 11 is 0. The Balaban J connectivity index is 1.86. The molecular weight excluding hydrogens is 250 g/mol. The summed E-state index contributed by atoms with van der Waals surface area (Å²) < 4.78 is 4.78. The Morgan fingerprint density at radius 3 is 2.70 bits per heavy atom. The van der Waals surface area contributed by atoms with Crippen LogP contribution in [0.25, 0.3) is 0 Å². The highest BCUT2D eigenvalue weighted by atomic mass is 16.5. The molecule has 0 fully saturated rings. The van der Waals surface area contributed by atoms with Gasteiger partial charge in [0.1, 0.15) is 0 Å². The third-order valence-electron chi connectivity index (χ3n) is 3.76. The molecule has 0 spiro atoms. The smallest absolute Gasteiger partial charge is 0.337 e. The number of fused-ring (bicyclic) bond motifs is 1. The molecule has 0 atom stereocenters. The molecule has 0 aromatic heterocycles. The van der Waals surface area contributed by atoms with Crippen molar-refractivity contribution in [2.45, 2.75) is 13.0 Å². The maximum Gasteiger partial charge on any atom is 0.337 e. The van der Waals surface area contributed by atoms with Gasteiger partial charge in [0.25, 0.3) is 0 Å². The largest absolute Gasteiger partial charge is 0.465 e. The van der Waals surface area contributed by atoms with E-state index in [0.717, 1.165) is 25.2 Å². The van der Waals surface area contributed by atoms with E-state index in [1.165, 1.54) is 18.2 Å². The number of rotatable bonds is 2. The van der Waals surface area contributed by atoms with Gasteiger partial charge in [0.15, 0.2) is 0 Å². The van der Waals surface area contributed by atoms with Crippen LogP contribution in [0.5, 0.6) is 0 Å². The van der Waals surface area contributed by atoms with Crippen molar-refractivity contribution in [2.24, 2.45) is 0 Å². The fraction of sp³-hybridized carbons (Fsp3) is 0.235. The molecule has 0 bridgehead atoms. The minimum atomic E-state index is -0.288. The molecule has 0 aliphatic carbocycles. The number of methoxy groups -OCH3 is 1. The first kappa shape index (κ1) is 12.7. The first-order chi connectivity index (χ1) is 9.78. The zero-order valence-corrected chi connectivity index (χ0v) is 11.5. The summed E-state index contributed by atoms with van der Waals surface area (Å²) in [5, 5.41) is 0. The van der Waals surface area contributed by atoms with Crippen molar-refractivity contribution in [3.05, 3.63) is 65.2 Å². The molecule has 1 heterocycles. The van der Waals surface area contributed by atoms with E-state index >= 15 is 0 Å². The van der Waals surface area contributed by atoms with Crippen LogP contribution in [0.4, 0.5) is 5.69 Å². The van der Waals surface area contributed by atoms with Crippen LogP contribution in [-0.4, -0.2) is 19.6 Å². The quantitative estimate of drug-likeness (QED) is 0.783. The molecule has 1 aliphatic rings. The van der Waals surface area contributed by atoms with E-state index in [1.807, 2.05) is 18.2 Å². The number of carbonyl (C=O) groups excluding carboxylic acids is 1. The number of hydrogen-bond donors (Lipinski definition) is 0. The minimum Gasteiger partial charge on any atom is -0.465 e. The van der Waals surface area contributed by atoms with Crippen LogP contribution in [-0.2, 0) is 17.7 Å². The summed E-state index contributed by atoms with van der Waals surface area (Å²) in [5.74, 6) is -0.288. The number of esters is 1. The lowest BCUT2D eigenvalue weighted by atomic mass is 9.99. The van der Waals surface area contributed by atoms with Crippen LogP contribution >= 0.6 is 0 Å². The van der Waals surface area contributed by atoms with E-state index in [-0.39, 0.29) is 5.97 Å². The van der Waals surface area contributed by atoms with Gasteiger partial charge in [-0.15, -0.1) is 0 Å². The van der Waals surface area contributed by atoms with Crippen molar-refractivity contribution in [1.29, 1.82) is 0 Å². The summed E-state index contributed by atoms with van der Waals surface area (Å²) in [4.78, 5) is 13.9. The van der Waals surface area contributed by atoms with Crippen molar-refractivity contribution in [3.63, 3.8) is 0 Å². The Labute approximate surface area is 118 Å².